The normalized spacial score (nSPS) is 16.8. The van der Waals surface area contributed by atoms with E-state index in [1.165, 1.54) is 6.42 Å². The third kappa shape index (κ3) is 13.0. The van der Waals surface area contributed by atoms with Crippen LogP contribution in [0.5, 0.6) is 0 Å². The van der Waals surface area contributed by atoms with Crippen LogP contribution in [-0.4, -0.2) is 80.3 Å². The molecule has 3 amide bonds. The Hall–Kier alpha value is -3.39. The smallest absolute Gasteiger partial charge is 0.243 e. The molecule has 3 rings (SSSR count). The number of aliphatic hydroxyl groups excluding tert-OH is 2. The van der Waals surface area contributed by atoms with E-state index in [1.54, 1.807) is 29.0 Å². The Morgan fingerprint density at radius 3 is 2.43 bits per heavy atom. The maximum absolute atomic E-state index is 13.8. The van der Waals surface area contributed by atoms with Crippen LogP contribution in [0.15, 0.2) is 42.9 Å². The molecule has 1 aliphatic rings. The average Bonchev–Trinajstić information content (AvgIpc) is 3.47. The highest BCUT2D eigenvalue weighted by molar-refractivity contribution is 6.29. The number of nitrogens with zero attached hydrogens (tertiary/aromatic N) is 3. The van der Waals surface area contributed by atoms with Gasteiger partial charge >= 0.3 is 0 Å². The summed E-state index contributed by atoms with van der Waals surface area (Å²) in [6.45, 7) is 4.81. The van der Waals surface area contributed by atoms with Crippen molar-refractivity contribution in [1.29, 1.82) is 0 Å². The van der Waals surface area contributed by atoms with Crippen LogP contribution in [0.4, 0.5) is 0 Å². The van der Waals surface area contributed by atoms with E-state index in [4.69, 9.17) is 18.0 Å². The van der Waals surface area contributed by atoms with Crippen LogP contribution in [-0.2, 0) is 27.3 Å². The Bertz CT molecular complexity index is 1310. The second kappa shape index (κ2) is 19.4. The number of hydrogen-bond acceptors (Lipinski definition) is 6. The molecule has 0 aliphatic heterocycles. The van der Waals surface area contributed by atoms with Gasteiger partial charge in [0.05, 0.1) is 24.4 Å². The lowest BCUT2D eigenvalue weighted by Crippen LogP contribution is -2.56. The van der Waals surface area contributed by atoms with E-state index in [1.807, 2.05) is 44.2 Å². The zero-order chi connectivity index (χ0) is 34.3. The molecule has 2 aromatic rings. The van der Waals surface area contributed by atoms with Gasteiger partial charge in [0.25, 0.3) is 0 Å². The molecule has 2 unspecified atom stereocenters. The molecule has 1 aliphatic carbocycles. The van der Waals surface area contributed by atoms with Crippen molar-refractivity contribution in [2.24, 2.45) is 17.8 Å². The molecule has 10 nitrogen and oxygen atoms in total. The quantitative estimate of drug-likeness (QED) is 0.177. The molecule has 0 radical (unpaired) electrons. The highest BCUT2D eigenvalue weighted by Crippen LogP contribution is 2.29. The van der Waals surface area contributed by atoms with Gasteiger partial charge < -0.3 is 30.3 Å². The number of aliphatic hydroxyl groups is 2. The predicted molar refractivity (Wildman–Crippen MR) is 183 cm³/mol. The molecule has 1 aromatic heterocycles. The van der Waals surface area contributed by atoms with Crippen LogP contribution in [0, 0.1) is 30.1 Å². The van der Waals surface area contributed by atoms with E-state index in [0.29, 0.717) is 37.0 Å². The first-order chi connectivity index (χ1) is 22.5. The molecular weight excluding hydrogens is 618 g/mol. The minimum absolute atomic E-state index is 0.0717. The van der Waals surface area contributed by atoms with Crippen LogP contribution in [0.3, 0.4) is 0 Å². The Kier molecular flexibility index (Phi) is 15.7. The maximum Gasteiger partial charge on any atom is 0.243 e. The van der Waals surface area contributed by atoms with Crippen LogP contribution < -0.4 is 10.6 Å². The second-order valence-corrected chi connectivity index (χ2v) is 13.7. The highest BCUT2D eigenvalue weighted by atomic mass is 35.5. The van der Waals surface area contributed by atoms with Crippen molar-refractivity contribution >= 4 is 29.3 Å². The molecule has 1 heterocycles. The number of aromatic nitrogens is 2. The minimum Gasteiger partial charge on any atom is -0.390 e. The number of rotatable bonds is 18. The maximum atomic E-state index is 13.8. The van der Waals surface area contributed by atoms with Gasteiger partial charge in [0.1, 0.15) is 17.3 Å². The van der Waals surface area contributed by atoms with Gasteiger partial charge in [-0.15, -0.1) is 12.3 Å². The van der Waals surface area contributed by atoms with E-state index < -0.39 is 42.0 Å². The first-order valence-corrected chi connectivity index (χ1v) is 17.2. The molecule has 1 fully saturated rings. The number of amides is 3. The van der Waals surface area contributed by atoms with Crippen LogP contribution in [0.25, 0.3) is 0 Å². The Labute approximate surface area is 284 Å². The Morgan fingerprint density at radius 1 is 1.11 bits per heavy atom. The summed E-state index contributed by atoms with van der Waals surface area (Å²) in [5.41, 5.74) is 0.879. The van der Waals surface area contributed by atoms with E-state index in [9.17, 15) is 24.6 Å². The summed E-state index contributed by atoms with van der Waals surface area (Å²) in [5, 5.41) is 28.1. The lowest BCUT2D eigenvalue weighted by Gasteiger charge is -2.33. The molecule has 1 saturated carbocycles. The van der Waals surface area contributed by atoms with Gasteiger partial charge in [0, 0.05) is 39.2 Å². The molecular formula is C36H52ClN5O5. The molecule has 258 valence electrons. The highest BCUT2D eigenvalue weighted by Gasteiger charge is 2.34. The third-order valence-corrected chi connectivity index (χ3v) is 9.15. The van der Waals surface area contributed by atoms with Gasteiger partial charge in [-0.05, 0) is 36.7 Å². The number of imidazole rings is 1. The predicted octanol–water partition coefficient (Wildman–Crippen LogP) is 3.98. The van der Waals surface area contributed by atoms with Crippen molar-refractivity contribution in [1.82, 2.24) is 25.1 Å². The first kappa shape index (κ1) is 38.1. The summed E-state index contributed by atoms with van der Waals surface area (Å²) >= 11 is 5.90. The lowest BCUT2D eigenvalue weighted by atomic mass is 9.82. The first-order valence-electron chi connectivity index (χ1n) is 16.8. The van der Waals surface area contributed by atoms with Crippen LogP contribution in [0.2, 0.25) is 5.15 Å². The largest absolute Gasteiger partial charge is 0.390 e. The second-order valence-electron chi connectivity index (χ2n) is 13.4. The summed E-state index contributed by atoms with van der Waals surface area (Å²) < 4.78 is 1.78. The topological polar surface area (TPSA) is 137 Å². The monoisotopic (exact) mass is 669 g/mol. The number of terminal acetylenes is 1. The van der Waals surface area contributed by atoms with Crippen LogP contribution >= 0.6 is 11.6 Å². The molecule has 11 heteroatoms. The molecule has 5 atom stereocenters. The van der Waals surface area contributed by atoms with Gasteiger partial charge in [-0.3, -0.25) is 14.4 Å². The fourth-order valence-corrected chi connectivity index (χ4v) is 6.39. The zero-order valence-corrected chi connectivity index (χ0v) is 28.7. The van der Waals surface area contributed by atoms with Crippen molar-refractivity contribution in [2.45, 2.75) is 109 Å². The molecule has 0 bridgehead atoms. The van der Waals surface area contributed by atoms with Gasteiger partial charge in [-0.25, -0.2) is 4.98 Å². The Morgan fingerprint density at radius 2 is 1.81 bits per heavy atom. The third-order valence-electron chi connectivity index (χ3n) is 8.95. The van der Waals surface area contributed by atoms with Crippen molar-refractivity contribution < 1.29 is 24.6 Å². The zero-order valence-electron chi connectivity index (χ0n) is 28.0. The van der Waals surface area contributed by atoms with E-state index in [-0.39, 0.29) is 31.1 Å². The number of likely N-dealkylation sites (N-methyl/N-ethyl adjacent to an activating group) is 1. The molecule has 0 spiro atoms. The standard InChI is InChI=1S/C36H52ClN5O5/c1-5-12-29(36(47)40-30(21-27-15-10-7-11-16-27)34(45)31(43)19-25(2)3)39-35(46)28(20-26-13-8-6-9-14-26)22-33(44)41(4)17-18-42-23-32(37)38-24-42/h1,6,8-9,13-14,23-25,27-31,34,43,45H,7,10-12,15-22H2,2-4H3,(H,39,46)(H,40,47)/t28?,29-,30?,31-,34+/m0/s1. The fraction of sp³-hybridized carbons (Fsp3) is 0.611. The van der Waals surface area contributed by atoms with Crippen molar-refractivity contribution in [3.63, 3.8) is 0 Å². The van der Waals surface area contributed by atoms with E-state index in [0.717, 1.165) is 31.2 Å². The van der Waals surface area contributed by atoms with Gasteiger partial charge in [-0.1, -0.05) is 87.9 Å². The average molecular weight is 670 g/mol. The number of carbonyl (C=O) groups is 3. The van der Waals surface area contributed by atoms with Crippen molar-refractivity contribution in [3.8, 4) is 12.3 Å². The number of carbonyl (C=O) groups excluding carboxylic acids is 3. The fourth-order valence-electron chi connectivity index (χ4n) is 6.22. The molecule has 0 saturated heterocycles. The molecule has 4 N–H and O–H groups in total. The van der Waals surface area contributed by atoms with Crippen molar-refractivity contribution in [3.05, 3.63) is 53.6 Å². The number of benzene rings is 1. The van der Waals surface area contributed by atoms with Gasteiger partial charge in [-0.2, -0.15) is 0 Å². The van der Waals surface area contributed by atoms with Gasteiger partial charge in [0.2, 0.25) is 17.7 Å². The van der Waals surface area contributed by atoms with Crippen LogP contribution in [0.1, 0.15) is 77.2 Å². The minimum atomic E-state index is -1.16. The van der Waals surface area contributed by atoms with E-state index >= 15 is 0 Å². The summed E-state index contributed by atoms with van der Waals surface area (Å²) in [4.78, 5) is 46.3. The van der Waals surface area contributed by atoms with Crippen molar-refractivity contribution in [2.75, 3.05) is 13.6 Å². The SMILES string of the molecule is C#CC[C@H](NC(=O)C(CC(=O)N(C)CCn1cnc(Cl)c1)Cc1ccccc1)C(=O)NC(CC1CCCCC1)[C@@H](O)[C@@H](O)CC(C)C. The summed E-state index contributed by atoms with van der Waals surface area (Å²) in [7, 11) is 1.68. The summed E-state index contributed by atoms with van der Waals surface area (Å²) in [6.07, 6.45) is 13.2. The van der Waals surface area contributed by atoms with E-state index in [2.05, 4.69) is 21.5 Å². The lowest BCUT2D eigenvalue weighted by molar-refractivity contribution is -0.137. The summed E-state index contributed by atoms with van der Waals surface area (Å²) in [5.74, 6) is 1.000. The Balaban J connectivity index is 1.73. The number of nitrogens with one attached hydrogen (secondary N) is 2. The molecule has 1 aromatic carbocycles. The number of hydrogen-bond donors (Lipinski definition) is 4. The number of halogens is 1. The van der Waals surface area contributed by atoms with Gasteiger partial charge in [0.15, 0.2) is 0 Å². The molecule has 47 heavy (non-hydrogen) atoms. The summed E-state index contributed by atoms with van der Waals surface area (Å²) in [6, 6.07) is 7.63.